The molecule has 0 saturated heterocycles. The van der Waals surface area contributed by atoms with E-state index in [1.807, 2.05) is 0 Å². The second-order valence-corrected chi connectivity index (χ2v) is 5.47. The molecule has 1 aromatic carbocycles. The molecular weight excluding hydrogens is 244 g/mol. The van der Waals surface area contributed by atoms with Crippen LogP contribution in [0.1, 0.15) is 31.4 Å². The fraction of sp³-hybridized carbons (Fsp3) is 0.333. The van der Waals surface area contributed by atoms with Gasteiger partial charge in [0.05, 0.1) is 0 Å². The smallest absolute Gasteiger partial charge is 0.0457 e. The number of hydrogen-bond acceptors (Lipinski definition) is 1. The third kappa shape index (κ3) is 2.70. The van der Waals surface area contributed by atoms with Crippen molar-refractivity contribution < 1.29 is 0 Å². The Morgan fingerprint density at radius 2 is 2.20 bits per heavy atom. The van der Waals surface area contributed by atoms with Crippen LogP contribution in [0.5, 0.6) is 0 Å². The van der Waals surface area contributed by atoms with Gasteiger partial charge in [-0.2, -0.15) is 0 Å². The lowest BCUT2D eigenvalue weighted by molar-refractivity contribution is 0.471. The summed E-state index contributed by atoms with van der Waals surface area (Å²) in [7, 11) is 0. The van der Waals surface area contributed by atoms with Gasteiger partial charge in [-0.3, -0.25) is 0 Å². The molecule has 2 nitrogen and oxygen atoms in total. The van der Waals surface area contributed by atoms with Crippen LogP contribution >= 0.6 is 0 Å². The maximum Gasteiger partial charge on any atom is 0.0457 e. The first-order valence-electron chi connectivity index (χ1n) is 7.51. The highest BCUT2D eigenvalue weighted by Crippen LogP contribution is 2.26. The minimum absolute atomic E-state index is 0.422. The normalized spacial score (nSPS) is 19.6. The van der Waals surface area contributed by atoms with Gasteiger partial charge in [0.2, 0.25) is 0 Å². The quantitative estimate of drug-likeness (QED) is 0.827. The van der Waals surface area contributed by atoms with Gasteiger partial charge in [-0.1, -0.05) is 49.4 Å². The molecule has 0 aliphatic heterocycles. The molecule has 1 heterocycles. The Kier molecular flexibility index (Phi) is 4.03. The van der Waals surface area contributed by atoms with Crippen LogP contribution in [0.4, 0.5) is 0 Å². The molecule has 3 rings (SSSR count). The Bertz CT molecular complexity index is 621. The van der Waals surface area contributed by atoms with E-state index in [-0.39, 0.29) is 0 Å². The number of aromatic amines is 1. The number of fused-ring (bicyclic) bond motifs is 1. The summed E-state index contributed by atoms with van der Waals surface area (Å²) < 4.78 is 0. The third-order valence-electron chi connectivity index (χ3n) is 4.10. The molecule has 0 saturated carbocycles. The van der Waals surface area contributed by atoms with Crippen LogP contribution in [0.25, 0.3) is 10.9 Å². The van der Waals surface area contributed by atoms with Gasteiger partial charge < -0.3 is 10.3 Å². The number of allylic oxidation sites excluding steroid dienone is 3. The monoisotopic (exact) mass is 266 g/mol. The lowest BCUT2D eigenvalue weighted by Gasteiger charge is -2.20. The van der Waals surface area contributed by atoms with Gasteiger partial charge in [0, 0.05) is 29.7 Å². The van der Waals surface area contributed by atoms with E-state index >= 15 is 0 Å². The molecule has 2 heteroatoms. The fourth-order valence-electron chi connectivity index (χ4n) is 2.93. The maximum absolute atomic E-state index is 3.73. The Morgan fingerprint density at radius 1 is 1.30 bits per heavy atom. The first-order chi connectivity index (χ1) is 9.88. The topological polar surface area (TPSA) is 27.8 Å². The van der Waals surface area contributed by atoms with E-state index in [4.69, 9.17) is 0 Å². The van der Waals surface area contributed by atoms with Crippen LogP contribution in [-0.4, -0.2) is 11.5 Å². The number of nitrogens with one attached hydrogen (secondary N) is 2. The van der Waals surface area contributed by atoms with Crippen molar-refractivity contribution in [3.05, 3.63) is 60.3 Å². The molecule has 2 unspecified atom stereocenters. The lowest BCUT2D eigenvalue weighted by Crippen LogP contribution is -2.26. The van der Waals surface area contributed by atoms with Crippen LogP contribution in [0.2, 0.25) is 0 Å². The minimum atomic E-state index is 0.422. The number of aromatic nitrogens is 1. The lowest BCUT2D eigenvalue weighted by atomic mass is 9.98. The highest BCUT2D eigenvalue weighted by Gasteiger charge is 2.15. The zero-order chi connectivity index (χ0) is 13.8. The number of para-hydroxylation sites is 1. The molecule has 1 aromatic heterocycles. The molecule has 1 aliphatic rings. The van der Waals surface area contributed by atoms with Crippen LogP contribution < -0.4 is 5.32 Å². The summed E-state index contributed by atoms with van der Waals surface area (Å²) in [6.45, 7) is 3.29. The average Bonchev–Trinajstić information content (AvgIpc) is 2.93. The molecule has 0 amide bonds. The van der Waals surface area contributed by atoms with Gasteiger partial charge >= 0.3 is 0 Å². The second-order valence-electron chi connectivity index (χ2n) is 5.47. The number of H-pyrrole nitrogens is 1. The second kappa shape index (κ2) is 6.10. The van der Waals surface area contributed by atoms with E-state index in [1.165, 1.54) is 16.5 Å². The molecule has 104 valence electrons. The Labute approximate surface area is 120 Å². The molecule has 2 atom stereocenters. The van der Waals surface area contributed by atoms with E-state index in [2.05, 4.69) is 72.0 Å². The van der Waals surface area contributed by atoms with E-state index in [1.54, 1.807) is 0 Å². The number of rotatable bonds is 5. The van der Waals surface area contributed by atoms with Crippen molar-refractivity contribution in [3.8, 4) is 0 Å². The largest absolute Gasteiger partial charge is 0.361 e. The summed E-state index contributed by atoms with van der Waals surface area (Å²) in [5.74, 6) is 0.624. The molecule has 2 N–H and O–H groups in total. The van der Waals surface area contributed by atoms with Crippen molar-refractivity contribution in [2.24, 2.45) is 5.92 Å². The molecular formula is C18H22N2. The SMILES string of the molecule is CCC(NCC1C=CC=CC1)c1c[nH]c2ccccc12. The molecule has 0 fully saturated rings. The highest BCUT2D eigenvalue weighted by atomic mass is 14.9. The molecule has 20 heavy (non-hydrogen) atoms. The standard InChI is InChI=1S/C18H22N2/c1-2-17(19-12-14-8-4-3-5-9-14)16-13-20-18-11-7-6-10-15(16)18/h3-8,10-11,13-14,17,19-20H,2,9,12H2,1H3. The summed E-state index contributed by atoms with van der Waals surface area (Å²) in [5, 5.41) is 5.07. The van der Waals surface area contributed by atoms with E-state index in [0.717, 1.165) is 19.4 Å². The molecule has 0 radical (unpaired) electrons. The Morgan fingerprint density at radius 3 is 3.00 bits per heavy atom. The Balaban J connectivity index is 1.73. The zero-order valence-electron chi connectivity index (χ0n) is 12.0. The molecule has 0 spiro atoms. The third-order valence-corrected chi connectivity index (χ3v) is 4.10. The van der Waals surface area contributed by atoms with Gasteiger partial charge in [-0.15, -0.1) is 0 Å². The summed E-state index contributed by atoms with van der Waals surface area (Å²) >= 11 is 0. The van der Waals surface area contributed by atoms with E-state index in [9.17, 15) is 0 Å². The Hall–Kier alpha value is -1.80. The zero-order valence-corrected chi connectivity index (χ0v) is 12.0. The van der Waals surface area contributed by atoms with Crippen molar-refractivity contribution in [2.45, 2.75) is 25.8 Å². The van der Waals surface area contributed by atoms with Crippen molar-refractivity contribution in [1.82, 2.24) is 10.3 Å². The van der Waals surface area contributed by atoms with Crippen molar-refractivity contribution in [1.29, 1.82) is 0 Å². The number of benzene rings is 1. The first kappa shape index (κ1) is 13.2. The summed E-state index contributed by atoms with van der Waals surface area (Å²) in [5.41, 5.74) is 2.61. The maximum atomic E-state index is 3.73. The first-order valence-corrected chi connectivity index (χ1v) is 7.51. The van der Waals surface area contributed by atoms with Crippen LogP contribution in [0.3, 0.4) is 0 Å². The summed E-state index contributed by atoms with van der Waals surface area (Å²) in [6, 6.07) is 8.96. The van der Waals surface area contributed by atoms with Gasteiger partial charge in [-0.05, 0) is 30.4 Å². The molecule has 1 aliphatic carbocycles. The van der Waals surface area contributed by atoms with Gasteiger partial charge in [0.1, 0.15) is 0 Å². The van der Waals surface area contributed by atoms with Crippen LogP contribution in [0, 0.1) is 5.92 Å². The van der Waals surface area contributed by atoms with Crippen LogP contribution in [-0.2, 0) is 0 Å². The van der Waals surface area contributed by atoms with Crippen molar-refractivity contribution in [3.63, 3.8) is 0 Å². The van der Waals surface area contributed by atoms with Gasteiger partial charge in [0.15, 0.2) is 0 Å². The minimum Gasteiger partial charge on any atom is -0.361 e. The molecule has 2 aromatic rings. The van der Waals surface area contributed by atoms with Crippen molar-refractivity contribution in [2.75, 3.05) is 6.54 Å². The summed E-state index contributed by atoms with van der Waals surface area (Å²) in [6.07, 6.45) is 13.2. The molecule has 0 bridgehead atoms. The predicted molar refractivity (Wildman–Crippen MR) is 85.7 cm³/mol. The fourth-order valence-corrected chi connectivity index (χ4v) is 2.93. The van der Waals surface area contributed by atoms with Gasteiger partial charge in [0.25, 0.3) is 0 Å². The van der Waals surface area contributed by atoms with Gasteiger partial charge in [-0.25, -0.2) is 0 Å². The number of hydrogen-bond donors (Lipinski definition) is 2. The summed E-state index contributed by atoms with van der Waals surface area (Å²) in [4.78, 5) is 3.38. The van der Waals surface area contributed by atoms with E-state index in [0.29, 0.717) is 12.0 Å². The predicted octanol–water partition coefficient (Wildman–Crippen LogP) is 4.34. The van der Waals surface area contributed by atoms with E-state index < -0.39 is 0 Å². The highest BCUT2D eigenvalue weighted by molar-refractivity contribution is 5.83. The average molecular weight is 266 g/mol. The van der Waals surface area contributed by atoms with Crippen molar-refractivity contribution >= 4 is 10.9 Å². The van der Waals surface area contributed by atoms with Crippen LogP contribution in [0.15, 0.2) is 54.8 Å².